The maximum Gasteiger partial charge on any atom is 0.155 e. The van der Waals surface area contributed by atoms with E-state index in [9.17, 15) is 9.59 Å². The van der Waals surface area contributed by atoms with Crippen molar-refractivity contribution in [2.45, 2.75) is 70.4 Å². The van der Waals surface area contributed by atoms with E-state index in [1.54, 1.807) is 6.08 Å². The van der Waals surface area contributed by atoms with Crippen LogP contribution in [0.25, 0.3) is 0 Å². The molecule has 0 aromatic heterocycles. The molecule has 0 spiro atoms. The van der Waals surface area contributed by atoms with Crippen LogP contribution in [0.4, 0.5) is 4.39 Å². The van der Waals surface area contributed by atoms with Gasteiger partial charge in [-0.15, -0.1) is 0 Å². The number of carbonyl (C=O) groups is 2. The molecule has 4 aliphatic rings. The predicted octanol–water partition coefficient (Wildman–Crippen LogP) is 4.18. The van der Waals surface area contributed by atoms with Gasteiger partial charge in [0, 0.05) is 24.7 Å². The van der Waals surface area contributed by atoms with E-state index in [-0.39, 0.29) is 17.1 Å². The topological polar surface area (TPSA) is 34.1 Å². The van der Waals surface area contributed by atoms with Crippen LogP contribution in [0.2, 0.25) is 0 Å². The maximum atomic E-state index is 15.8. The first-order chi connectivity index (χ1) is 10.4. The number of Topliss-reactive ketones (excluding diaryl/α,β-unsaturated/α-hetero) is 1. The number of carbonyl (C=O) groups excluding carboxylic acids is 2. The lowest BCUT2D eigenvalue weighted by atomic mass is 9.56. The average Bonchev–Trinajstić information content (AvgIpc) is 2.61. The molecule has 0 aliphatic heterocycles. The summed E-state index contributed by atoms with van der Waals surface area (Å²) in [4.78, 5) is 24.2. The van der Waals surface area contributed by atoms with Crippen molar-refractivity contribution in [1.29, 1.82) is 0 Å². The summed E-state index contributed by atoms with van der Waals surface area (Å²) >= 11 is 0. The smallest absolute Gasteiger partial charge is 0.155 e. The summed E-state index contributed by atoms with van der Waals surface area (Å²) in [6.45, 7) is 2.13. The van der Waals surface area contributed by atoms with Gasteiger partial charge in [0.2, 0.25) is 0 Å². The molecule has 0 aromatic carbocycles. The van der Waals surface area contributed by atoms with Crippen LogP contribution in [-0.2, 0) is 9.59 Å². The number of allylic oxidation sites excluding steroid dienone is 2. The van der Waals surface area contributed by atoms with Gasteiger partial charge in [-0.3, -0.25) is 9.59 Å². The average molecular weight is 304 g/mol. The van der Waals surface area contributed by atoms with Crippen molar-refractivity contribution in [1.82, 2.24) is 0 Å². The molecule has 120 valence electrons. The van der Waals surface area contributed by atoms with Gasteiger partial charge in [-0.05, 0) is 62.4 Å². The summed E-state index contributed by atoms with van der Waals surface area (Å²) in [6.07, 6.45) is 8.01. The van der Waals surface area contributed by atoms with Crippen molar-refractivity contribution in [2.24, 2.45) is 23.2 Å². The van der Waals surface area contributed by atoms with Gasteiger partial charge >= 0.3 is 0 Å². The summed E-state index contributed by atoms with van der Waals surface area (Å²) in [7, 11) is 0. The van der Waals surface area contributed by atoms with Gasteiger partial charge < -0.3 is 0 Å². The zero-order valence-electron chi connectivity index (χ0n) is 13.4. The SMILES string of the molecule is C[C@]12CC[C@H]3[C@@H](CCC4=CC(=O)CC[C@]3(F)C4)[C@@H]1CCC2=O. The molecular formula is C19H25FO2. The minimum Gasteiger partial charge on any atom is -0.299 e. The second-order valence-electron chi connectivity index (χ2n) is 8.31. The highest BCUT2D eigenvalue weighted by molar-refractivity contribution is 5.90. The lowest BCUT2D eigenvalue weighted by molar-refractivity contribution is -0.132. The quantitative estimate of drug-likeness (QED) is 0.673. The zero-order valence-corrected chi connectivity index (χ0v) is 13.4. The number of rotatable bonds is 0. The number of halogens is 1. The van der Waals surface area contributed by atoms with E-state index >= 15 is 4.39 Å². The highest BCUT2D eigenvalue weighted by atomic mass is 19.1. The summed E-state index contributed by atoms with van der Waals surface area (Å²) in [5.74, 6) is 1.25. The zero-order chi connectivity index (χ0) is 15.5. The van der Waals surface area contributed by atoms with Crippen molar-refractivity contribution in [3.8, 4) is 0 Å². The lowest BCUT2D eigenvalue weighted by Gasteiger charge is -2.49. The number of ketones is 2. The molecule has 0 saturated heterocycles. The van der Waals surface area contributed by atoms with Crippen molar-refractivity contribution in [3.63, 3.8) is 0 Å². The molecule has 4 aliphatic carbocycles. The first-order valence-corrected chi connectivity index (χ1v) is 8.87. The minimum absolute atomic E-state index is 0.0493. The van der Waals surface area contributed by atoms with E-state index in [1.807, 2.05) is 0 Å². The molecule has 3 fully saturated rings. The van der Waals surface area contributed by atoms with Gasteiger partial charge in [0.05, 0.1) is 0 Å². The van der Waals surface area contributed by atoms with Crippen LogP contribution < -0.4 is 0 Å². The molecule has 0 heterocycles. The van der Waals surface area contributed by atoms with Crippen LogP contribution in [0.5, 0.6) is 0 Å². The van der Waals surface area contributed by atoms with E-state index < -0.39 is 5.67 Å². The second kappa shape index (κ2) is 4.75. The fraction of sp³-hybridized carbons (Fsp3) is 0.789. The third-order valence-corrected chi connectivity index (χ3v) is 7.28. The Balaban J connectivity index is 1.72. The fourth-order valence-electron chi connectivity index (χ4n) is 6.08. The minimum atomic E-state index is -1.22. The highest BCUT2D eigenvalue weighted by Gasteiger charge is 2.58. The molecule has 0 N–H and O–H groups in total. The summed E-state index contributed by atoms with van der Waals surface area (Å²) < 4.78 is 15.8. The lowest BCUT2D eigenvalue weighted by Crippen LogP contribution is -2.48. The van der Waals surface area contributed by atoms with Crippen LogP contribution in [0.15, 0.2) is 11.6 Å². The largest absolute Gasteiger partial charge is 0.299 e. The molecule has 0 radical (unpaired) electrons. The molecular weight excluding hydrogens is 279 g/mol. The van der Waals surface area contributed by atoms with Crippen molar-refractivity contribution < 1.29 is 14.0 Å². The summed E-state index contributed by atoms with van der Waals surface area (Å²) in [5.41, 5.74) is -0.395. The van der Waals surface area contributed by atoms with Gasteiger partial charge in [-0.2, -0.15) is 0 Å². The Hall–Kier alpha value is -0.990. The highest BCUT2D eigenvalue weighted by Crippen LogP contribution is 2.61. The summed E-state index contributed by atoms with van der Waals surface area (Å²) in [6, 6.07) is 0. The van der Waals surface area contributed by atoms with Crippen LogP contribution in [0, 0.1) is 23.2 Å². The Bertz CT molecular complexity index is 566. The third kappa shape index (κ3) is 1.97. The van der Waals surface area contributed by atoms with Crippen molar-refractivity contribution in [2.75, 3.05) is 0 Å². The number of fused-ring (bicyclic) bond motifs is 6. The molecule has 0 amide bonds. The monoisotopic (exact) mass is 304 g/mol. The number of hydrogen-bond acceptors (Lipinski definition) is 2. The Kier molecular flexibility index (Phi) is 3.15. The number of hydrogen-bond donors (Lipinski definition) is 0. The molecule has 5 atom stereocenters. The Morgan fingerprint density at radius 2 is 1.86 bits per heavy atom. The molecule has 0 unspecified atom stereocenters. The second-order valence-corrected chi connectivity index (χ2v) is 8.31. The van der Waals surface area contributed by atoms with E-state index in [2.05, 4.69) is 6.92 Å². The Morgan fingerprint density at radius 1 is 1.05 bits per heavy atom. The standard InChI is InChI=1S/C19H25FO2/c1-18-8-7-16-14(15(18)4-5-17(18)22)3-2-12-10-13(21)6-9-19(16,20)11-12/h10,14-16H,2-9,11H2,1H3/t14-,15-,16-,18-,19-/m0/s1. The first kappa shape index (κ1) is 14.6. The number of alkyl halides is 1. The van der Waals surface area contributed by atoms with Crippen LogP contribution in [-0.4, -0.2) is 17.2 Å². The molecule has 2 nitrogen and oxygen atoms in total. The van der Waals surface area contributed by atoms with Crippen molar-refractivity contribution in [3.05, 3.63) is 11.6 Å². The van der Waals surface area contributed by atoms with E-state index in [4.69, 9.17) is 0 Å². The molecule has 2 bridgehead atoms. The van der Waals surface area contributed by atoms with Gasteiger partial charge in [0.1, 0.15) is 11.5 Å². The van der Waals surface area contributed by atoms with Crippen LogP contribution in [0.3, 0.4) is 0 Å². The normalized spacial score (nSPS) is 48.1. The molecule has 3 saturated carbocycles. The van der Waals surface area contributed by atoms with Gasteiger partial charge in [-0.25, -0.2) is 4.39 Å². The maximum absolute atomic E-state index is 15.8. The van der Waals surface area contributed by atoms with Crippen LogP contribution in [0.1, 0.15) is 64.7 Å². The molecule has 4 rings (SSSR count). The van der Waals surface area contributed by atoms with Gasteiger partial charge in [-0.1, -0.05) is 12.5 Å². The van der Waals surface area contributed by atoms with Crippen molar-refractivity contribution >= 4 is 11.6 Å². The third-order valence-electron chi connectivity index (χ3n) is 7.28. The van der Waals surface area contributed by atoms with E-state index in [0.29, 0.717) is 43.3 Å². The predicted molar refractivity (Wildman–Crippen MR) is 82.1 cm³/mol. The van der Waals surface area contributed by atoms with E-state index in [1.165, 1.54) is 0 Å². The van der Waals surface area contributed by atoms with E-state index in [0.717, 1.165) is 37.7 Å². The Morgan fingerprint density at radius 3 is 2.68 bits per heavy atom. The fourth-order valence-corrected chi connectivity index (χ4v) is 6.08. The van der Waals surface area contributed by atoms with Crippen LogP contribution >= 0.6 is 0 Å². The first-order valence-electron chi connectivity index (χ1n) is 8.87. The van der Waals surface area contributed by atoms with Gasteiger partial charge in [0.25, 0.3) is 0 Å². The molecule has 3 heteroatoms. The van der Waals surface area contributed by atoms with Gasteiger partial charge in [0.15, 0.2) is 5.78 Å². The Labute approximate surface area is 131 Å². The molecule has 22 heavy (non-hydrogen) atoms. The molecule has 0 aromatic rings. The summed E-state index contributed by atoms with van der Waals surface area (Å²) in [5, 5.41) is 0.